The lowest BCUT2D eigenvalue weighted by atomic mass is 9.71. The van der Waals surface area contributed by atoms with E-state index < -0.39 is 0 Å². The van der Waals surface area contributed by atoms with E-state index in [1.165, 1.54) is 11.8 Å². The van der Waals surface area contributed by atoms with E-state index >= 15 is 0 Å². The van der Waals surface area contributed by atoms with E-state index in [0.29, 0.717) is 11.9 Å². The summed E-state index contributed by atoms with van der Waals surface area (Å²) in [7, 11) is 0. The molecule has 1 aromatic rings. The van der Waals surface area contributed by atoms with Crippen LogP contribution in [0.25, 0.3) is 0 Å². The predicted molar refractivity (Wildman–Crippen MR) is 108 cm³/mol. The minimum absolute atomic E-state index is 0.216. The monoisotopic (exact) mass is 393 g/mol. The largest absolute Gasteiger partial charge is 0.392 e. The van der Waals surface area contributed by atoms with Crippen molar-refractivity contribution in [1.29, 1.82) is 0 Å². The Morgan fingerprint density at radius 1 is 1.26 bits per heavy atom. The molecule has 8 heteroatoms. The van der Waals surface area contributed by atoms with Crippen LogP contribution in [-0.2, 0) is 4.74 Å². The van der Waals surface area contributed by atoms with Crippen molar-refractivity contribution in [3.8, 4) is 0 Å². The van der Waals surface area contributed by atoms with Crippen LogP contribution in [0.15, 0.2) is 11.2 Å². The van der Waals surface area contributed by atoms with Crippen molar-refractivity contribution < 1.29 is 9.84 Å². The van der Waals surface area contributed by atoms with Crippen LogP contribution in [0.3, 0.4) is 0 Å². The van der Waals surface area contributed by atoms with E-state index in [1.54, 1.807) is 0 Å². The third kappa shape index (κ3) is 4.34. The Bertz CT molecular complexity index is 647. The Labute approximate surface area is 165 Å². The summed E-state index contributed by atoms with van der Waals surface area (Å²) in [5.41, 5.74) is 6.17. The zero-order chi connectivity index (χ0) is 18.9. The molecule has 3 fully saturated rings. The lowest BCUT2D eigenvalue weighted by Crippen LogP contribution is -2.57. The molecule has 3 saturated heterocycles. The molecular weight excluding hydrogens is 362 g/mol. The molecule has 0 aliphatic carbocycles. The zero-order valence-corrected chi connectivity index (χ0v) is 17.0. The standard InChI is InChI=1S/C19H31N5O2S/c1-27-18-21-16(20)10-17(22-18)23-6-4-19(5-7-23)11-15(25)12-24(13-19)14-2-8-26-9-3-14/h10,14-15,25H,2-9,11-13H2,1H3,(H2,20,21,22). The first-order chi connectivity index (χ1) is 13.1. The van der Waals surface area contributed by atoms with Gasteiger partial charge in [0, 0.05) is 51.5 Å². The van der Waals surface area contributed by atoms with Gasteiger partial charge >= 0.3 is 0 Å². The van der Waals surface area contributed by atoms with Gasteiger partial charge in [-0.15, -0.1) is 0 Å². The summed E-state index contributed by atoms with van der Waals surface area (Å²) in [5.74, 6) is 1.46. The Morgan fingerprint density at radius 2 is 2.00 bits per heavy atom. The van der Waals surface area contributed by atoms with Crippen LogP contribution in [-0.4, -0.2) is 77.8 Å². The summed E-state index contributed by atoms with van der Waals surface area (Å²) in [6.45, 7) is 5.54. The molecule has 3 N–H and O–H groups in total. The van der Waals surface area contributed by atoms with Crippen LogP contribution < -0.4 is 10.6 Å². The average molecular weight is 394 g/mol. The third-order valence-electron chi connectivity index (χ3n) is 6.40. The number of likely N-dealkylation sites (tertiary alicyclic amines) is 1. The maximum absolute atomic E-state index is 10.6. The first-order valence-electron chi connectivity index (χ1n) is 10.0. The highest BCUT2D eigenvalue weighted by atomic mass is 32.2. The number of hydrogen-bond acceptors (Lipinski definition) is 8. The van der Waals surface area contributed by atoms with Gasteiger partial charge in [-0.05, 0) is 43.8 Å². The normalized spacial score (nSPS) is 27.2. The van der Waals surface area contributed by atoms with Crippen LogP contribution in [0.5, 0.6) is 0 Å². The number of nitrogen functional groups attached to an aromatic ring is 1. The molecule has 0 radical (unpaired) electrons. The van der Waals surface area contributed by atoms with Crippen molar-refractivity contribution in [3.05, 3.63) is 6.07 Å². The minimum Gasteiger partial charge on any atom is -0.392 e. The van der Waals surface area contributed by atoms with Gasteiger partial charge in [0.05, 0.1) is 6.10 Å². The second-order valence-corrected chi connectivity index (χ2v) is 9.03. The van der Waals surface area contributed by atoms with Crippen LogP contribution in [0.2, 0.25) is 0 Å². The SMILES string of the molecule is CSc1nc(N)cc(N2CCC3(CC2)CC(O)CN(C2CCOCC2)C3)n1. The molecule has 7 nitrogen and oxygen atoms in total. The smallest absolute Gasteiger partial charge is 0.191 e. The van der Waals surface area contributed by atoms with Crippen molar-refractivity contribution in [1.82, 2.24) is 14.9 Å². The third-order valence-corrected chi connectivity index (χ3v) is 6.95. The number of aromatic nitrogens is 2. The fourth-order valence-corrected chi connectivity index (χ4v) is 5.36. The molecule has 0 amide bonds. The Kier molecular flexibility index (Phi) is 5.78. The van der Waals surface area contributed by atoms with Crippen LogP contribution in [0.4, 0.5) is 11.6 Å². The molecule has 1 unspecified atom stereocenters. The summed E-state index contributed by atoms with van der Waals surface area (Å²) in [4.78, 5) is 13.8. The maximum Gasteiger partial charge on any atom is 0.191 e. The zero-order valence-electron chi connectivity index (χ0n) is 16.1. The lowest BCUT2D eigenvalue weighted by molar-refractivity contribution is -0.0602. The summed E-state index contributed by atoms with van der Waals surface area (Å²) >= 11 is 1.52. The predicted octanol–water partition coefficient (Wildman–Crippen LogP) is 1.61. The van der Waals surface area contributed by atoms with Crippen molar-refractivity contribution >= 4 is 23.4 Å². The number of nitrogens with two attached hydrogens (primary N) is 1. The minimum atomic E-state index is -0.217. The number of hydrogen-bond donors (Lipinski definition) is 2. The topological polar surface area (TPSA) is 87.7 Å². The van der Waals surface area contributed by atoms with E-state index in [4.69, 9.17) is 10.5 Å². The highest BCUT2D eigenvalue weighted by molar-refractivity contribution is 7.98. The number of rotatable bonds is 3. The fourth-order valence-electron chi connectivity index (χ4n) is 4.98. The maximum atomic E-state index is 10.6. The van der Waals surface area contributed by atoms with Gasteiger partial charge in [-0.1, -0.05) is 11.8 Å². The number of piperidine rings is 2. The van der Waals surface area contributed by atoms with Gasteiger partial charge in [-0.3, -0.25) is 4.90 Å². The number of thioether (sulfide) groups is 1. The Hall–Kier alpha value is -1.09. The van der Waals surface area contributed by atoms with Crippen molar-refractivity contribution in [2.75, 3.05) is 56.3 Å². The second kappa shape index (κ2) is 8.11. The molecule has 3 aliphatic rings. The van der Waals surface area contributed by atoms with Gasteiger partial charge < -0.3 is 20.5 Å². The van der Waals surface area contributed by atoms with Gasteiger partial charge in [-0.25, -0.2) is 9.97 Å². The van der Waals surface area contributed by atoms with E-state index in [0.717, 1.165) is 82.5 Å². The number of aliphatic hydroxyl groups is 1. The first-order valence-corrected chi connectivity index (χ1v) is 11.2. The van der Waals surface area contributed by atoms with Gasteiger partial charge in [0.2, 0.25) is 0 Å². The molecule has 1 spiro atoms. The molecule has 3 aliphatic heterocycles. The Morgan fingerprint density at radius 3 is 2.70 bits per heavy atom. The molecule has 27 heavy (non-hydrogen) atoms. The number of β-amino-alcohol motifs (C(OH)–C–C–N with tert-alkyl or cyclic N) is 1. The molecule has 150 valence electrons. The van der Waals surface area contributed by atoms with Gasteiger partial charge in [0.1, 0.15) is 11.6 Å². The highest BCUT2D eigenvalue weighted by Gasteiger charge is 2.43. The van der Waals surface area contributed by atoms with E-state index in [9.17, 15) is 5.11 Å². The summed E-state index contributed by atoms with van der Waals surface area (Å²) < 4.78 is 5.53. The van der Waals surface area contributed by atoms with Crippen LogP contribution in [0, 0.1) is 5.41 Å². The lowest BCUT2D eigenvalue weighted by Gasteiger charge is -2.51. The number of ether oxygens (including phenoxy) is 1. The quantitative estimate of drug-likeness (QED) is 0.592. The Balaban J connectivity index is 1.43. The molecule has 4 rings (SSSR count). The van der Waals surface area contributed by atoms with E-state index in [2.05, 4.69) is 19.8 Å². The summed E-state index contributed by atoms with van der Waals surface area (Å²) in [5, 5.41) is 11.3. The number of anilines is 2. The van der Waals surface area contributed by atoms with Crippen LogP contribution >= 0.6 is 11.8 Å². The molecule has 0 aromatic carbocycles. The average Bonchev–Trinajstić information content (AvgIpc) is 2.68. The van der Waals surface area contributed by atoms with Crippen molar-refractivity contribution in [2.45, 2.75) is 49.4 Å². The molecule has 1 atom stereocenters. The van der Waals surface area contributed by atoms with E-state index in [1.807, 2.05) is 12.3 Å². The van der Waals surface area contributed by atoms with E-state index in [-0.39, 0.29) is 11.5 Å². The van der Waals surface area contributed by atoms with Gasteiger partial charge in [0.25, 0.3) is 0 Å². The molecule has 0 saturated carbocycles. The molecule has 0 bridgehead atoms. The van der Waals surface area contributed by atoms with Gasteiger partial charge in [-0.2, -0.15) is 0 Å². The molecule has 1 aromatic heterocycles. The van der Waals surface area contributed by atoms with Gasteiger partial charge in [0.15, 0.2) is 5.16 Å². The fraction of sp³-hybridized carbons (Fsp3) is 0.789. The molecular formula is C19H31N5O2S. The second-order valence-electron chi connectivity index (χ2n) is 8.26. The summed E-state index contributed by atoms with van der Waals surface area (Å²) in [6.07, 6.45) is 7.02. The van der Waals surface area contributed by atoms with Crippen molar-refractivity contribution in [3.63, 3.8) is 0 Å². The number of nitrogens with zero attached hydrogens (tertiary/aromatic N) is 4. The van der Waals surface area contributed by atoms with Crippen LogP contribution in [0.1, 0.15) is 32.1 Å². The number of aliphatic hydroxyl groups excluding tert-OH is 1. The first kappa shape index (κ1) is 19.2. The molecule has 4 heterocycles. The summed E-state index contributed by atoms with van der Waals surface area (Å²) in [6, 6.07) is 2.44. The van der Waals surface area contributed by atoms with Crippen molar-refractivity contribution in [2.24, 2.45) is 5.41 Å². The highest BCUT2D eigenvalue weighted by Crippen LogP contribution is 2.42.